The van der Waals surface area contributed by atoms with E-state index < -0.39 is 17.9 Å². The fraction of sp³-hybridized carbons (Fsp3) is 0.769. The molecule has 0 amide bonds. The van der Waals surface area contributed by atoms with Gasteiger partial charge in [0.15, 0.2) is 0 Å². The van der Waals surface area contributed by atoms with Crippen molar-refractivity contribution in [2.24, 2.45) is 0 Å². The number of nitrogens with one attached hydrogen (secondary N) is 1. The van der Waals surface area contributed by atoms with E-state index in [2.05, 4.69) is 5.32 Å². The Morgan fingerprint density at radius 3 is 1.73 bits per heavy atom. The highest BCUT2D eigenvalue weighted by molar-refractivity contribution is 5.69. The monoisotopic (exact) mass is 319 g/mol. The molecule has 0 saturated heterocycles. The minimum Gasteiger partial charge on any atom is -0.480 e. The molecule has 0 spiro atoms. The van der Waals surface area contributed by atoms with Crippen molar-refractivity contribution in [2.45, 2.75) is 13.3 Å². The van der Waals surface area contributed by atoms with Crippen molar-refractivity contribution in [1.29, 1.82) is 0 Å². The van der Waals surface area contributed by atoms with Gasteiger partial charge in [0.1, 0.15) is 0 Å². The highest BCUT2D eigenvalue weighted by Crippen LogP contribution is 1.95. The van der Waals surface area contributed by atoms with Crippen LogP contribution in [0.1, 0.15) is 13.3 Å². The molecule has 0 aromatic carbocycles. The third-order valence-electron chi connectivity index (χ3n) is 2.87. The van der Waals surface area contributed by atoms with Crippen LogP contribution >= 0.6 is 0 Å². The lowest BCUT2D eigenvalue weighted by Gasteiger charge is -2.25. The molecule has 0 aromatic rings. The minimum atomic E-state index is -0.974. The van der Waals surface area contributed by atoms with Crippen molar-refractivity contribution in [2.75, 3.05) is 52.4 Å². The molecule has 0 heterocycles. The summed E-state index contributed by atoms with van der Waals surface area (Å²) < 4.78 is 0. The molecule has 0 bridgehead atoms. The first-order valence-electron chi connectivity index (χ1n) is 7.16. The molecule has 128 valence electrons. The molecule has 22 heavy (non-hydrogen) atoms. The fourth-order valence-electron chi connectivity index (χ4n) is 1.95. The van der Waals surface area contributed by atoms with Crippen molar-refractivity contribution in [1.82, 2.24) is 15.1 Å². The summed E-state index contributed by atoms with van der Waals surface area (Å²) >= 11 is 0. The summed E-state index contributed by atoms with van der Waals surface area (Å²) in [6, 6.07) is 0. The van der Waals surface area contributed by atoms with Crippen molar-refractivity contribution in [3.8, 4) is 0 Å². The van der Waals surface area contributed by atoms with E-state index in [9.17, 15) is 14.4 Å². The quantitative estimate of drug-likeness (QED) is 0.293. The van der Waals surface area contributed by atoms with Gasteiger partial charge in [-0.15, -0.1) is 0 Å². The second-order valence-electron chi connectivity index (χ2n) is 4.91. The summed E-state index contributed by atoms with van der Waals surface area (Å²) in [5, 5.41) is 28.9. The third-order valence-corrected chi connectivity index (χ3v) is 2.87. The number of carbonyl (C=O) groups is 3. The van der Waals surface area contributed by atoms with Gasteiger partial charge in [-0.25, -0.2) is 0 Å². The normalized spacial score (nSPS) is 11.0. The Morgan fingerprint density at radius 2 is 1.32 bits per heavy atom. The Morgan fingerprint density at radius 1 is 0.818 bits per heavy atom. The Labute approximate surface area is 129 Å². The van der Waals surface area contributed by atoms with E-state index in [1.807, 2.05) is 6.92 Å². The maximum atomic E-state index is 10.8. The Balaban J connectivity index is 4.27. The first-order chi connectivity index (χ1) is 10.3. The van der Waals surface area contributed by atoms with Crippen LogP contribution < -0.4 is 5.32 Å². The van der Waals surface area contributed by atoms with Gasteiger partial charge in [0.25, 0.3) is 0 Å². The lowest BCUT2D eigenvalue weighted by Crippen LogP contribution is -2.42. The van der Waals surface area contributed by atoms with Crippen LogP contribution in [0.25, 0.3) is 0 Å². The number of rotatable bonds is 14. The van der Waals surface area contributed by atoms with Crippen molar-refractivity contribution in [3.63, 3.8) is 0 Å². The maximum absolute atomic E-state index is 10.8. The van der Waals surface area contributed by atoms with E-state index in [1.54, 1.807) is 9.80 Å². The topological polar surface area (TPSA) is 130 Å². The number of carboxylic acid groups (broad SMARTS) is 3. The molecule has 0 aromatic heterocycles. The Kier molecular flexibility index (Phi) is 11.0. The van der Waals surface area contributed by atoms with Gasteiger partial charge >= 0.3 is 17.9 Å². The molecule has 0 atom stereocenters. The summed E-state index contributed by atoms with van der Waals surface area (Å²) in [7, 11) is 0. The fourth-order valence-corrected chi connectivity index (χ4v) is 1.95. The molecule has 0 rings (SSSR count). The number of hydrogen-bond acceptors (Lipinski definition) is 6. The van der Waals surface area contributed by atoms with Crippen molar-refractivity contribution >= 4 is 17.9 Å². The summed E-state index contributed by atoms with van der Waals surface area (Å²) in [5.41, 5.74) is 0. The highest BCUT2D eigenvalue weighted by atomic mass is 16.4. The standard InChI is InChI=1S/C13H25N3O6/c1-2-4-15(9-12(19)20)6-7-16(10-13(21)22)5-3-14-8-11(17)18/h14H,2-10H2,1H3,(H,17,18)(H,19,20)(H,21,22). The molecular weight excluding hydrogens is 294 g/mol. The predicted octanol–water partition coefficient (Wildman–Crippen LogP) is -1.16. The van der Waals surface area contributed by atoms with Gasteiger partial charge in [0, 0.05) is 26.2 Å². The molecule has 0 aliphatic heterocycles. The van der Waals surface area contributed by atoms with Gasteiger partial charge in [-0.3, -0.25) is 24.2 Å². The summed E-state index contributed by atoms with van der Waals surface area (Å²) in [6.45, 7) is 3.75. The van der Waals surface area contributed by atoms with Crippen LogP contribution in [0.5, 0.6) is 0 Å². The van der Waals surface area contributed by atoms with Gasteiger partial charge in [0.05, 0.1) is 19.6 Å². The maximum Gasteiger partial charge on any atom is 0.317 e. The van der Waals surface area contributed by atoms with Crippen LogP contribution in [-0.2, 0) is 14.4 Å². The number of nitrogens with zero attached hydrogens (tertiary/aromatic N) is 2. The lowest BCUT2D eigenvalue weighted by atomic mass is 10.3. The molecule has 0 aliphatic carbocycles. The van der Waals surface area contributed by atoms with Gasteiger partial charge in [-0.1, -0.05) is 6.92 Å². The molecule has 0 unspecified atom stereocenters. The zero-order valence-corrected chi connectivity index (χ0v) is 12.8. The molecule has 0 saturated carbocycles. The van der Waals surface area contributed by atoms with Crippen molar-refractivity contribution in [3.05, 3.63) is 0 Å². The molecule has 9 heteroatoms. The van der Waals surface area contributed by atoms with Crippen LogP contribution in [0.4, 0.5) is 0 Å². The zero-order valence-electron chi connectivity index (χ0n) is 12.8. The van der Waals surface area contributed by atoms with E-state index in [1.165, 1.54) is 0 Å². The summed E-state index contributed by atoms with van der Waals surface area (Å²) in [4.78, 5) is 35.4. The first kappa shape index (κ1) is 20.3. The third kappa shape index (κ3) is 12.1. The molecule has 9 nitrogen and oxygen atoms in total. The molecule has 0 radical (unpaired) electrons. The highest BCUT2D eigenvalue weighted by Gasteiger charge is 2.13. The molecule has 0 aliphatic rings. The predicted molar refractivity (Wildman–Crippen MR) is 78.9 cm³/mol. The summed E-state index contributed by atoms with van der Waals surface area (Å²) in [6.07, 6.45) is 0.812. The van der Waals surface area contributed by atoms with E-state index in [0.717, 1.165) is 6.42 Å². The lowest BCUT2D eigenvalue weighted by molar-refractivity contribution is -0.140. The van der Waals surface area contributed by atoms with Crippen LogP contribution in [-0.4, -0.2) is 95.4 Å². The number of hydrogen-bond donors (Lipinski definition) is 4. The van der Waals surface area contributed by atoms with Gasteiger partial charge < -0.3 is 20.6 Å². The van der Waals surface area contributed by atoms with E-state index >= 15 is 0 Å². The van der Waals surface area contributed by atoms with Crippen molar-refractivity contribution < 1.29 is 29.7 Å². The number of carboxylic acids is 3. The zero-order chi connectivity index (χ0) is 17.0. The minimum absolute atomic E-state index is 0.0774. The Bertz CT molecular complexity index is 364. The average molecular weight is 319 g/mol. The van der Waals surface area contributed by atoms with Gasteiger partial charge in [-0.05, 0) is 13.0 Å². The second kappa shape index (κ2) is 11.9. The molecule has 4 N–H and O–H groups in total. The SMILES string of the molecule is CCCN(CCN(CCNCC(=O)O)CC(=O)O)CC(=O)O. The first-order valence-corrected chi connectivity index (χ1v) is 7.16. The largest absolute Gasteiger partial charge is 0.480 e. The average Bonchev–Trinajstić information content (AvgIpc) is 2.39. The molecular formula is C13H25N3O6. The Hall–Kier alpha value is -1.71. The van der Waals surface area contributed by atoms with Crippen LogP contribution in [0.2, 0.25) is 0 Å². The molecule has 0 fully saturated rings. The smallest absolute Gasteiger partial charge is 0.317 e. The van der Waals surface area contributed by atoms with E-state index in [0.29, 0.717) is 32.7 Å². The van der Waals surface area contributed by atoms with Crippen LogP contribution in [0.15, 0.2) is 0 Å². The van der Waals surface area contributed by atoms with E-state index in [4.69, 9.17) is 15.3 Å². The van der Waals surface area contributed by atoms with E-state index in [-0.39, 0.29) is 19.6 Å². The van der Waals surface area contributed by atoms with Crippen LogP contribution in [0, 0.1) is 0 Å². The second-order valence-corrected chi connectivity index (χ2v) is 4.91. The van der Waals surface area contributed by atoms with Gasteiger partial charge in [0.2, 0.25) is 0 Å². The van der Waals surface area contributed by atoms with Gasteiger partial charge in [-0.2, -0.15) is 0 Å². The number of aliphatic carboxylic acids is 3. The summed E-state index contributed by atoms with van der Waals surface area (Å²) in [5.74, 6) is -2.86. The van der Waals surface area contributed by atoms with Crippen LogP contribution in [0.3, 0.4) is 0 Å².